The van der Waals surface area contributed by atoms with E-state index in [4.69, 9.17) is 0 Å². The van der Waals surface area contributed by atoms with Gasteiger partial charge in [0.15, 0.2) is 0 Å². The second kappa shape index (κ2) is 7.11. The number of fused-ring (bicyclic) bond motifs is 1. The van der Waals surface area contributed by atoms with E-state index in [1.54, 1.807) is 18.3 Å². The van der Waals surface area contributed by atoms with E-state index in [1.165, 1.54) is 6.33 Å². The third kappa shape index (κ3) is 3.48. The van der Waals surface area contributed by atoms with Crippen molar-refractivity contribution in [2.24, 2.45) is 0 Å². The summed E-state index contributed by atoms with van der Waals surface area (Å²) in [6.45, 7) is 3.97. The Morgan fingerprint density at radius 3 is 2.70 bits per heavy atom. The molecular weight excluding hydrogens is 343 g/mol. The largest absolute Gasteiger partial charge is 0.346 e. The predicted molar refractivity (Wildman–Crippen MR) is 103 cm³/mol. The van der Waals surface area contributed by atoms with Gasteiger partial charge in [-0.3, -0.25) is 4.98 Å². The number of pyridine rings is 2. The quantitative estimate of drug-likeness (QED) is 0.523. The van der Waals surface area contributed by atoms with Crippen molar-refractivity contribution in [3.63, 3.8) is 0 Å². The van der Waals surface area contributed by atoms with Crippen molar-refractivity contribution in [2.75, 3.05) is 5.32 Å². The molecule has 4 aromatic rings. The average Bonchev–Trinajstić information content (AvgIpc) is 3.09. The van der Waals surface area contributed by atoms with Gasteiger partial charge in [0.05, 0.1) is 17.6 Å². The van der Waals surface area contributed by atoms with Crippen molar-refractivity contribution in [1.29, 1.82) is 0 Å². The van der Waals surface area contributed by atoms with Gasteiger partial charge in [0, 0.05) is 29.3 Å². The molecule has 0 atom stereocenters. The number of halogens is 1. The molecule has 0 radical (unpaired) electrons. The summed E-state index contributed by atoms with van der Waals surface area (Å²) in [6.07, 6.45) is 6.38. The van der Waals surface area contributed by atoms with Gasteiger partial charge in [0.1, 0.15) is 17.8 Å². The summed E-state index contributed by atoms with van der Waals surface area (Å²) in [5, 5.41) is 4.01. The molecule has 136 valence electrons. The first-order valence-corrected chi connectivity index (χ1v) is 8.79. The maximum absolute atomic E-state index is 14.6. The highest BCUT2D eigenvalue weighted by Gasteiger charge is 2.12. The summed E-state index contributed by atoms with van der Waals surface area (Å²) >= 11 is 0. The van der Waals surface area contributed by atoms with Crippen LogP contribution in [0.25, 0.3) is 11.0 Å². The van der Waals surface area contributed by atoms with E-state index in [-0.39, 0.29) is 0 Å². The van der Waals surface area contributed by atoms with E-state index in [1.807, 2.05) is 32.2 Å². The number of aryl methyl sites for hydroxylation is 2. The summed E-state index contributed by atoms with van der Waals surface area (Å²) in [4.78, 5) is 19.9. The molecule has 0 unspecified atom stereocenters. The maximum Gasteiger partial charge on any atom is 0.218 e. The monoisotopic (exact) mass is 362 g/mol. The van der Waals surface area contributed by atoms with Crippen LogP contribution in [0.5, 0.6) is 0 Å². The standard InChI is InChI=1S/C20H19FN6/c1-3-15-5-6-16(10-22-15)26-17-7-4-13(19(21)27-17)8-14-9-23-20-18(14)12(2)24-11-25-20/h4-7,9-11H,3,8H2,1-2H3,(H,26,27)(H,23,24,25). The maximum atomic E-state index is 14.6. The lowest BCUT2D eigenvalue weighted by molar-refractivity contribution is 0.572. The summed E-state index contributed by atoms with van der Waals surface area (Å²) < 4.78 is 14.6. The van der Waals surface area contributed by atoms with Crippen LogP contribution < -0.4 is 5.32 Å². The van der Waals surface area contributed by atoms with Gasteiger partial charge in [0.2, 0.25) is 5.95 Å². The van der Waals surface area contributed by atoms with Crippen LogP contribution >= 0.6 is 0 Å². The van der Waals surface area contributed by atoms with Gasteiger partial charge in [-0.1, -0.05) is 13.0 Å². The van der Waals surface area contributed by atoms with E-state index >= 15 is 0 Å². The van der Waals surface area contributed by atoms with Crippen molar-refractivity contribution in [1.82, 2.24) is 24.9 Å². The minimum absolute atomic E-state index is 0.417. The second-order valence-electron chi connectivity index (χ2n) is 6.34. The Bertz CT molecular complexity index is 1090. The second-order valence-corrected chi connectivity index (χ2v) is 6.34. The van der Waals surface area contributed by atoms with Gasteiger partial charge < -0.3 is 10.3 Å². The number of anilines is 2. The molecule has 0 spiro atoms. The zero-order valence-electron chi connectivity index (χ0n) is 15.1. The number of nitrogens with zero attached hydrogens (tertiary/aromatic N) is 4. The number of hydrogen-bond acceptors (Lipinski definition) is 5. The van der Waals surface area contributed by atoms with E-state index in [0.717, 1.165) is 40.1 Å². The van der Waals surface area contributed by atoms with Crippen molar-refractivity contribution in [3.8, 4) is 0 Å². The fourth-order valence-electron chi connectivity index (χ4n) is 3.06. The van der Waals surface area contributed by atoms with Crippen molar-refractivity contribution < 1.29 is 4.39 Å². The van der Waals surface area contributed by atoms with Gasteiger partial charge in [-0.25, -0.2) is 15.0 Å². The molecule has 7 heteroatoms. The summed E-state index contributed by atoms with van der Waals surface area (Å²) in [6, 6.07) is 7.36. The number of rotatable bonds is 5. The molecule has 0 fully saturated rings. The summed E-state index contributed by atoms with van der Waals surface area (Å²) in [7, 11) is 0. The van der Waals surface area contributed by atoms with Gasteiger partial charge in [0.25, 0.3) is 0 Å². The highest BCUT2D eigenvalue weighted by atomic mass is 19.1. The first-order chi connectivity index (χ1) is 13.1. The molecule has 0 aliphatic heterocycles. The van der Waals surface area contributed by atoms with E-state index < -0.39 is 5.95 Å². The minimum atomic E-state index is -0.498. The number of hydrogen-bond donors (Lipinski definition) is 2. The van der Waals surface area contributed by atoms with Crippen LogP contribution in [-0.4, -0.2) is 24.9 Å². The van der Waals surface area contributed by atoms with Crippen molar-refractivity contribution in [3.05, 3.63) is 71.4 Å². The van der Waals surface area contributed by atoms with Crippen LogP contribution in [0.3, 0.4) is 0 Å². The topological polar surface area (TPSA) is 79.4 Å². The van der Waals surface area contributed by atoms with E-state index in [2.05, 4.69) is 30.2 Å². The molecule has 0 saturated heterocycles. The lowest BCUT2D eigenvalue weighted by atomic mass is 10.1. The fraction of sp³-hybridized carbons (Fsp3) is 0.200. The van der Waals surface area contributed by atoms with Gasteiger partial charge >= 0.3 is 0 Å². The van der Waals surface area contributed by atoms with Gasteiger partial charge in [-0.2, -0.15) is 4.39 Å². The zero-order valence-corrected chi connectivity index (χ0v) is 15.1. The summed E-state index contributed by atoms with van der Waals surface area (Å²) in [5.41, 5.74) is 4.87. The van der Waals surface area contributed by atoms with Crippen LogP contribution in [0.15, 0.2) is 43.0 Å². The van der Waals surface area contributed by atoms with Gasteiger partial charge in [-0.05, 0) is 37.1 Å². The molecule has 27 heavy (non-hydrogen) atoms. The summed E-state index contributed by atoms with van der Waals surface area (Å²) in [5.74, 6) is -0.0530. The first kappa shape index (κ1) is 17.1. The van der Waals surface area contributed by atoms with Gasteiger partial charge in [-0.15, -0.1) is 0 Å². The minimum Gasteiger partial charge on any atom is -0.346 e. The number of aromatic nitrogens is 5. The third-order valence-corrected chi connectivity index (χ3v) is 4.51. The van der Waals surface area contributed by atoms with E-state index in [9.17, 15) is 4.39 Å². The number of aromatic amines is 1. The highest BCUT2D eigenvalue weighted by molar-refractivity contribution is 5.82. The van der Waals surface area contributed by atoms with Crippen LogP contribution in [0.1, 0.15) is 29.4 Å². The Morgan fingerprint density at radius 1 is 1.07 bits per heavy atom. The van der Waals surface area contributed by atoms with Crippen LogP contribution in [0.2, 0.25) is 0 Å². The van der Waals surface area contributed by atoms with Crippen molar-refractivity contribution in [2.45, 2.75) is 26.7 Å². The number of nitrogens with one attached hydrogen (secondary N) is 2. The molecule has 0 amide bonds. The zero-order chi connectivity index (χ0) is 18.8. The molecule has 2 N–H and O–H groups in total. The Balaban J connectivity index is 1.56. The molecule has 0 saturated carbocycles. The SMILES string of the molecule is CCc1ccc(Nc2ccc(Cc3c[nH]c4ncnc(C)c34)c(F)n2)cn1. The lowest BCUT2D eigenvalue weighted by Gasteiger charge is -2.08. The number of H-pyrrole nitrogens is 1. The van der Waals surface area contributed by atoms with Crippen LogP contribution in [0.4, 0.5) is 15.9 Å². The molecule has 0 aromatic carbocycles. The Kier molecular flexibility index (Phi) is 4.50. The smallest absolute Gasteiger partial charge is 0.218 e. The van der Waals surface area contributed by atoms with Crippen LogP contribution in [0, 0.1) is 12.9 Å². The lowest BCUT2D eigenvalue weighted by Crippen LogP contribution is -2.01. The molecule has 0 bridgehead atoms. The average molecular weight is 362 g/mol. The molecule has 4 aromatic heterocycles. The van der Waals surface area contributed by atoms with E-state index in [0.29, 0.717) is 17.8 Å². The van der Waals surface area contributed by atoms with Crippen LogP contribution in [-0.2, 0) is 12.8 Å². The third-order valence-electron chi connectivity index (χ3n) is 4.51. The molecular formula is C20H19FN6. The highest BCUT2D eigenvalue weighted by Crippen LogP contribution is 2.23. The first-order valence-electron chi connectivity index (χ1n) is 8.79. The Hall–Kier alpha value is -3.35. The normalized spacial score (nSPS) is 11.1. The molecule has 4 heterocycles. The molecule has 0 aliphatic carbocycles. The molecule has 4 rings (SSSR count). The van der Waals surface area contributed by atoms with Crippen molar-refractivity contribution >= 4 is 22.5 Å². The molecule has 6 nitrogen and oxygen atoms in total. The molecule has 0 aliphatic rings. The Labute approximate surface area is 155 Å². The fourth-order valence-corrected chi connectivity index (χ4v) is 3.06. The predicted octanol–water partition coefficient (Wildman–Crippen LogP) is 4.09. The Morgan fingerprint density at radius 2 is 1.96 bits per heavy atom.